The van der Waals surface area contributed by atoms with Gasteiger partial charge >= 0.3 is 0 Å². The summed E-state index contributed by atoms with van der Waals surface area (Å²) >= 11 is 3.43. The van der Waals surface area contributed by atoms with Gasteiger partial charge < -0.3 is 15.9 Å². The van der Waals surface area contributed by atoms with Crippen LogP contribution in [0.3, 0.4) is 0 Å². The van der Waals surface area contributed by atoms with Crippen LogP contribution >= 0.6 is 15.9 Å². The standard InChI is InChI=1S/C13H10BrN3O/c14-10-2-1-3-11-12(10)18-13(17-11)7-4-8(15)6-9(16)5-7/h1-6H,15-16H2. The number of anilines is 2. The van der Waals surface area contributed by atoms with Gasteiger partial charge in [-0.1, -0.05) is 6.07 Å². The summed E-state index contributed by atoms with van der Waals surface area (Å²) in [7, 11) is 0. The highest BCUT2D eigenvalue weighted by Gasteiger charge is 2.11. The summed E-state index contributed by atoms with van der Waals surface area (Å²) in [6.45, 7) is 0. The van der Waals surface area contributed by atoms with Crippen molar-refractivity contribution in [2.75, 3.05) is 11.5 Å². The van der Waals surface area contributed by atoms with Crippen molar-refractivity contribution in [3.05, 3.63) is 40.9 Å². The Bertz CT molecular complexity index is 716. The van der Waals surface area contributed by atoms with Crippen molar-refractivity contribution in [3.63, 3.8) is 0 Å². The molecule has 3 rings (SSSR count). The average Bonchev–Trinajstić information content (AvgIpc) is 2.73. The quantitative estimate of drug-likeness (QED) is 0.675. The zero-order valence-electron chi connectivity index (χ0n) is 9.35. The third kappa shape index (κ3) is 1.82. The molecule has 0 saturated carbocycles. The molecule has 0 bridgehead atoms. The number of rotatable bonds is 1. The zero-order valence-corrected chi connectivity index (χ0v) is 10.9. The SMILES string of the molecule is Nc1cc(N)cc(-c2nc3cccc(Br)c3o2)c1. The second-order valence-electron chi connectivity index (χ2n) is 4.00. The van der Waals surface area contributed by atoms with E-state index >= 15 is 0 Å². The van der Waals surface area contributed by atoms with Crippen LogP contribution in [0.4, 0.5) is 11.4 Å². The van der Waals surface area contributed by atoms with Crippen molar-refractivity contribution in [1.82, 2.24) is 4.98 Å². The number of nitrogen functional groups attached to an aromatic ring is 2. The zero-order chi connectivity index (χ0) is 12.7. The highest BCUT2D eigenvalue weighted by atomic mass is 79.9. The molecule has 1 aromatic heterocycles. The van der Waals surface area contributed by atoms with Gasteiger partial charge in [0.1, 0.15) is 5.52 Å². The predicted molar refractivity (Wildman–Crippen MR) is 76.0 cm³/mol. The van der Waals surface area contributed by atoms with Gasteiger partial charge in [-0.05, 0) is 46.3 Å². The Morgan fingerprint density at radius 1 is 1.06 bits per heavy atom. The number of hydrogen-bond donors (Lipinski definition) is 2. The Morgan fingerprint density at radius 2 is 1.78 bits per heavy atom. The summed E-state index contributed by atoms with van der Waals surface area (Å²) in [5.74, 6) is 0.510. The van der Waals surface area contributed by atoms with Crippen molar-refractivity contribution in [1.29, 1.82) is 0 Å². The number of oxazole rings is 1. The molecule has 0 unspecified atom stereocenters. The topological polar surface area (TPSA) is 78.1 Å². The Morgan fingerprint density at radius 3 is 2.44 bits per heavy atom. The first kappa shape index (κ1) is 11.1. The van der Waals surface area contributed by atoms with Gasteiger partial charge in [-0.3, -0.25) is 0 Å². The summed E-state index contributed by atoms with van der Waals surface area (Å²) < 4.78 is 6.60. The summed E-state index contributed by atoms with van der Waals surface area (Å²) in [6.07, 6.45) is 0. The van der Waals surface area contributed by atoms with Gasteiger partial charge in [0.15, 0.2) is 5.58 Å². The Hall–Kier alpha value is -2.01. The molecule has 0 aliphatic carbocycles. The first-order valence-corrected chi connectivity index (χ1v) is 6.14. The molecule has 0 aliphatic heterocycles. The van der Waals surface area contributed by atoms with E-state index in [1.807, 2.05) is 18.2 Å². The summed E-state index contributed by atoms with van der Waals surface area (Å²) in [6, 6.07) is 11.0. The first-order chi connectivity index (χ1) is 8.63. The van der Waals surface area contributed by atoms with Gasteiger partial charge in [0, 0.05) is 16.9 Å². The highest BCUT2D eigenvalue weighted by Crippen LogP contribution is 2.30. The third-order valence-electron chi connectivity index (χ3n) is 2.59. The molecule has 3 aromatic rings. The van der Waals surface area contributed by atoms with Crippen LogP contribution in [0.2, 0.25) is 0 Å². The maximum absolute atomic E-state index is 5.76. The van der Waals surface area contributed by atoms with E-state index in [1.54, 1.807) is 18.2 Å². The maximum atomic E-state index is 5.76. The van der Waals surface area contributed by atoms with Gasteiger partial charge in [-0.25, -0.2) is 4.98 Å². The van der Waals surface area contributed by atoms with E-state index in [4.69, 9.17) is 15.9 Å². The van der Waals surface area contributed by atoms with Crippen LogP contribution in [0.5, 0.6) is 0 Å². The van der Waals surface area contributed by atoms with Crippen LogP contribution in [0.1, 0.15) is 0 Å². The van der Waals surface area contributed by atoms with Crippen LogP contribution < -0.4 is 11.5 Å². The lowest BCUT2D eigenvalue weighted by molar-refractivity contribution is 0.618. The fourth-order valence-electron chi connectivity index (χ4n) is 1.84. The van der Waals surface area contributed by atoms with Gasteiger partial charge in [0.2, 0.25) is 5.89 Å². The van der Waals surface area contributed by atoms with Crippen LogP contribution in [0.25, 0.3) is 22.6 Å². The fourth-order valence-corrected chi connectivity index (χ4v) is 2.28. The number of para-hydroxylation sites is 1. The van der Waals surface area contributed by atoms with Crippen molar-refractivity contribution in [2.24, 2.45) is 0 Å². The van der Waals surface area contributed by atoms with Gasteiger partial charge in [0.25, 0.3) is 0 Å². The molecule has 0 radical (unpaired) electrons. The molecule has 0 spiro atoms. The lowest BCUT2D eigenvalue weighted by Gasteiger charge is -2.00. The van der Waals surface area contributed by atoms with Crippen molar-refractivity contribution in [2.45, 2.75) is 0 Å². The Kier molecular flexibility index (Phi) is 2.48. The van der Waals surface area contributed by atoms with E-state index in [-0.39, 0.29) is 0 Å². The van der Waals surface area contributed by atoms with Crippen LogP contribution in [-0.4, -0.2) is 4.98 Å². The van der Waals surface area contributed by atoms with Crippen molar-refractivity contribution in [3.8, 4) is 11.5 Å². The summed E-state index contributed by atoms with van der Waals surface area (Å²) in [5, 5.41) is 0. The number of nitrogens with zero attached hydrogens (tertiary/aromatic N) is 1. The van der Waals surface area contributed by atoms with Crippen LogP contribution in [0, 0.1) is 0 Å². The molecule has 18 heavy (non-hydrogen) atoms. The Labute approximate surface area is 112 Å². The molecule has 0 aliphatic rings. The van der Waals surface area contributed by atoms with Crippen LogP contribution in [0.15, 0.2) is 45.3 Å². The van der Waals surface area contributed by atoms with E-state index < -0.39 is 0 Å². The molecule has 4 N–H and O–H groups in total. The maximum Gasteiger partial charge on any atom is 0.227 e. The minimum absolute atomic E-state index is 0.510. The van der Waals surface area contributed by atoms with Gasteiger partial charge in [-0.2, -0.15) is 0 Å². The molecule has 0 amide bonds. The molecule has 2 aromatic carbocycles. The van der Waals surface area contributed by atoms with Crippen LogP contribution in [-0.2, 0) is 0 Å². The lowest BCUT2D eigenvalue weighted by Crippen LogP contribution is -1.91. The molecule has 0 fully saturated rings. The molecular formula is C13H10BrN3O. The summed E-state index contributed by atoms with van der Waals surface area (Å²) in [5.41, 5.74) is 15.0. The molecular weight excluding hydrogens is 294 g/mol. The van der Waals surface area contributed by atoms with E-state index in [2.05, 4.69) is 20.9 Å². The predicted octanol–water partition coefficient (Wildman–Crippen LogP) is 3.42. The Balaban J connectivity index is 2.22. The second-order valence-corrected chi connectivity index (χ2v) is 4.85. The largest absolute Gasteiger partial charge is 0.435 e. The fraction of sp³-hybridized carbons (Fsp3) is 0. The number of fused-ring (bicyclic) bond motifs is 1. The average molecular weight is 304 g/mol. The molecule has 0 atom stereocenters. The third-order valence-corrected chi connectivity index (χ3v) is 3.22. The molecule has 0 saturated heterocycles. The van der Waals surface area contributed by atoms with Gasteiger partial charge in [0.05, 0.1) is 4.47 Å². The highest BCUT2D eigenvalue weighted by molar-refractivity contribution is 9.10. The number of nitrogens with two attached hydrogens (primary N) is 2. The number of benzene rings is 2. The molecule has 5 heteroatoms. The second kappa shape index (κ2) is 4.03. The minimum atomic E-state index is 0.510. The normalized spacial score (nSPS) is 10.9. The number of aromatic nitrogens is 1. The van der Waals surface area contributed by atoms with Crippen molar-refractivity contribution < 1.29 is 4.42 Å². The summed E-state index contributed by atoms with van der Waals surface area (Å²) in [4.78, 5) is 4.42. The van der Waals surface area contributed by atoms with E-state index in [1.165, 1.54) is 0 Å². The monoisotopic (exact) mass is 303 g/mol. The first-order valence-electron chi connectivity index (χ1n) is 5.35. The molecule has 90 valence electrons. The molecule has 1 heterocycles. The van der Waals surface area contributed by atoms with E-state index in [0.717, 1.165) is 15.6 Å². The van der Waals surface area contributed by atoms with Crippen molar-refractivity contribution >= 4 is 38.4 Å². The van der Waals surface area contributed by atoms with E-state index in [0.29, 0.717) is 22.8 Å². The molecule has 4 nitrogen and oxygen atoms in total. The van der Waals surface area contributed by atoms with Gasteiger partial charge in [-0.15, -0.1) is 0 Å². The minimum Gasteiger partial charge on any atom is -0.435 e. The smallest absolute Gasteiger partial charge is 0.227 e. The number of halogens is 1. The number of hydrogen-bond acceptors (Lipinski definition) is 4. The lowest BCUT2D eigenvalue weighted by atomic mass is 10.2. The van der Waals surface area contributed by atoms with E-state index in [9.17, 15) is 0 Å².